The first-order valence-electron chi connectivity index (χ1n) is 5.21. The van der Waals surface area contributed by atoms with Gasteiger partial charge >= 0.3 is 0 Å². The van der Waals surface area contributed by atoms with Crippen LogP contribution in [0.25, 0.3) is 10.2 Å². The van der Waals surface area contributed by atoms with E-state index in [2.05, 4.69) is 4.98 Å². The summed E-state index contributed by atoms with van der Waals surface area (Å²) >= 11 is 1.53. The van der Waals surface area contributed by atoms with Crippen molar-refractivity contribution in [2.75, 3.05) is 0 Å². The van der Waals surface area contributed by atoms with Gasteiger partial charge in [0.1, 0.15) is 4.83 Å². The lowest BCUT2D eigenvalue weighted by atomic mass is 10.3. The molecule has 0 saturated carbocycles. The van der Waals surface area contributed by atoms with E-state index >= 15 is 0 Å². The van der Waals surface area contributed by atoms with E-state index in [1.54, 1.807) is 17.8 Å². The molecule has 4 nitrogen and oxygen atoms in total. The third-order valence-electron chi connectivity index (χ3n) is 2.43. The fourth-order valence-electron chi connectivity index (χ4n) is 1.57. The van der Waals surface area contributed by atoms with Gasteiger partial charge in [-0.05, 0) is 26.3 Å². The Morgan fingerprint density at radius 2 is 2.38 bits per heavy atom. The number of fused-ring (bicyclic) bond motifs is 1. The van der Waals surface area contributed by atoms with Crippen LogP contribution >= 0.6 is 11.3 Å². The summed E-state index contributed by atoms with van der Waals surface area (Å²) in [5.41, 5.74) is -0.0185. The molecule has 2 heterocycles. The van der Waals surface area contributed by atoms with Crippen molar-refractivity contribution in [3.8, 4) is 0 Å². The van der Waals surface area contributed by atoms with E-state index in [4.69, 9.17) is 0 Å². The van der Waals surface area contributed by atoms with Crippen LogP contribution in [0.5, 0.6) is 0 Å². The van der Waals surface area contributed by atoms with Crippen LogP contribution in [0.1, 0.15) is 18.2 Å². The molecular weight excluding hydrogens is 224 g/mol. The van der Waals surface area contributed by atoms with Crippen LogP contribution in [-0.4, -0.2) is 20.8 Å². The van der Waals surface area contributed by atoms with Crippen LogP contribution in [0.15, 0.2) is 17.2 Å². The van der Waals surface area contributed by atoms with E-state index in [9.17, 15) is 9.90 Å². The average molecular weight is 238 g/mol. The maximum Gasteiger partial charge on any atom is 0.262 e. The molecule has 2 aromatic rings. The lowest BCUT2D eigenvalue weighted by molar-refractivity contribution is 0.177. The number of aliphatic hydroxyl groups is 1. The highest BCUT2D eigenvalue weighted by Crippen LogP contribution is 2.19. The molecule has 0 aliphatic rings. The van der Waals surface area contributed by atoms with Gasteiger partial charge in [-0.3, -0.25) is 9.36 Å². The number of aromatic nitrogens is 2. The normalized spacial score (nSPS) is 13.2. The molecule has 0 fully saturated rings. The predicted octanol–water partition coefficient (Wildman–Crippen LogP) is 1.54. The molecule has 86 valence electrons. The minimum absolute atomic E-state index is 0.0185. The van der Waals surface area contributed by atoms with Crippen molar-refractivity contribution in [1.82, 2.24) is 9.55 Å². The molecule has 0 unspecified atom stereocenters. The minimum atomic E-state index is -0.396. The summed E-state index contributed by atoms with van der Waals surface area (Å²) < 4.78 is 1.56. The molecule has 0 bridgehead atoms. The van der Waals surface area contributed by atoms with E-state index in [1.165, 1.54) is 11.3 Å². The van der Waals surface area contributed by atoms with Crippen molar-refractivity contribution >= 4 is 21.6 Å². The van der Waals surface area contributed by atoms with Gasteiger partial charge in [0, 0.05) is 11.4 Å². The van der Waals surface area contributed by atoms with Crippen LogP contribution in [0.2, 0.25) is 0 Å². The molecule has 5 heteroatoms. The first kappa shape index (κ1) is 11.3. The van der Waals surface area contributed by atoms with Gasteiger partial charge in [-0.25, -0.2) is 4.98 Å². The molecule has 0 spiro atoms. The smallest absolute Gasteiger partial charge is 0.262 e. The summed E-state index contributed by atoms with van der Waals surface area (Å²) in [7, 11) is 0. The van der Waals surface area contributed by atoms with E-state index in [0.29, 0.717) is 18.4 Å². The second-order valence-electron chi connectivity index (χ2n) is 3.96. The monoisotopic (exact) mass is 238 g/mol. The van der Waals surface area contributed by atoms with E-state index < -0.39 is 6.10 Å². The second-order valence-corrected chi connectivity index (χ2v) is 5.19. The standard InChI is InChI=1S/C11H14N2O2S/c1-7(14)3-4-13-6-12-10-9(11(13)15)5-8(2)16-10/h5-7,14H,3-4H2,1-2H3/t7-/m0/s1. The molecule has 0 aliphatic carbocycles. The number of hydrogen-bond donors (Lipinski definition) is 1. The zero-order valence-corrected chi connectivity index (χ0v) is 10.1. The summed E-state index contributed by atoms with van der Waals surface area (Å²) in [6, 6.07) is 1.87. The zero-order chi connectivity index (χ0) is 11.7. The topological polar surface area (TPSA) is 55.1 Å². The number of aliphatic hydroxyl groups excluding tert-OH is 1. The van der Waals surface area contributed by atoms with Gasteiger partial charge in [-0.15, -0.1) is 11.3 Å². The van der Waals surface area contributed by atoms with Crippen molar-refractivity contribution in [3.05, 3.63) is 27.6 Å². The molecule has 2 rings (SSSR count). The largest absolute Gasteiger partial charge is 0.393 e. The Morgan fingerprint density at radius 1 is 1.62 bits per heavy atom. The van der Waals surface area contributed by atoms with Crippen molar-refractivity contribution in [1.29, 1.82) is 0 Å². The zero-order valence-electron chi connectivity index (χ0n) is 9.30. The van der Waals surface area contributed by atoms with Gasteiger partial charge < -0.3 is 5.11 Å². The van der Waals surface area contributed by atoms with Crippen molar-refractivity contribution in [3.63, 3.8) is 0 Å². The highest BCUT2D eigenvalue weighted by molar-refractivity contribution is 7.18. The Hall–Kier alpha value is -1.20. The Kier molecular flexibility index (Phi) is 3.07. The summed E-state index contributed by atoms with van der Waals surface area (Å²) in [6.07, 6.45) is 1.73. The lowest BCUT2D eigenvalue weighted by Gasteiger charge is -2.06. The summed E-state index contributed by atoms with van der Waals surface area (Å²) in [6.45, 7) is 4.19. The molecule has 0 amide bonds. The number of aryl methyl sites for hydroxylation is 2. The second kappa shape index (κ2) is 4.35. The molecule has 2 aromatic heterocycles. The van der Waals surface area contributed by atoms with Crippen molar-refractivity contribution < 1.29 is 5.11 Å². The molecule has 0 aromatic carbocycles. The molecule has 0 saturated heterocycles. The van der Waals surface area contributed by atoms with E-state index in [-0.39, 0.29) is 5.56 Å². The van der Waals surface area contributed by atoms with Crippen LogP contribution in [0, 0.1) is 6.92 Å². The molecule has 1 N–H and O–H groups in total. The van der Waals surface area contributed by atoms with Crippen LogP contribution in [-0.2, 0) is 6.54 Å². The average Bonchev–Trinajstić information content (AvgIpc) is 2.58. The third-order valence-corrected chi connectivity index (χ3v) is 3.39. The maximum atomic E-state index is 12.0. The fourth-order valence-corrected chi connectivity index (χ4v) is 2.40. The van der Waals surface area contributed by atoms with Crippen LogP contribution in [0.3, 0.4) is 0 Å². The Labute approximate surface area is 97.2 Å². The van der Waals surface area contributed by atoms with Gasteiger partial charge in [0.25, 0.3) is 5.56 Å². The maximum absolute atomic E-state index is 12.0. The summed E-state index contributed by atoms with van der Waals surface area (Å²) in [5.74, 6) is 0. The molecule has 0 radical (unpaired) electrons. The van der Waals surface area contributed by atoms with Crippen molar-refractivity contribution in [2.45, 2.75) is 32.9 Å². The molecular formula is C11H14N2O2S. The number of rotatable bonds is 3. The Balaban J connectivity index is 2.40. The summed E-state index contributed by atoms with van der Waals surface area (Å²) in [4.78, 5) is 18.1. The lowest BCUT2D eigenvalue weighted by Crippen LogP contribution is -2.21. The highest BCUT2D eigenvalue weighted by Gasteiger charge is 2.07. The van der Waals surface area contributed by atoms with Crippen LogP contribution < -0.4 is 5.56 Å². The molecule has 0 aliphatic heterocycles. The first-order valence-corrected chi connectivity index (χ1v) is 6.03. The van der Waals surface area contributed by atoms with Gasteiger partial charge in [-0.2, -0.15) is 0 Å². The third kappa shape index (κ3) is 2.15. The van der Waals surface area contributed by atoms with Gasteiger partial charge in [0.2, 0.25) is 0 Å². The van der Waals surface area contributed by atoms with Gasteiger partial charge in [-0.1, -0.05) is 0 Å². The van der Waals surface area contributed by atoms with Gasteiger partial charge in [0.15, 0.2) is 0 Å². The Bertz CT molecular complexity index is 557. The molecule has 16 heavy (non-hydrogen) atoms. The number of nitrogens with zero attached hydrogens (tertiary/aromatic N) is 2. The predicted molar refractivity (Wildman–Crippen MR) is 64.9 cm³/mol. The minimum Gasteiger partial charge on any atom is -0.393 e. The van der Waals surface area contributed by atoms with Gasteiger partial charge in [0.05, 0.1) is 17.8 Å². The van der Waals surface area contributed by atoms with E-state index in [0.717, 1.165) is 9.71 Å². The number of thiophene rings is 1. The quantitative estimate of drug-likeness (QED) is 0.882. The SMILES string of the molecule is Cc1cc2c(=O)n(CC[C@H](C)O)cnc2s1. The summed E-state index contributed by atoms with van der Waals surface area (Å²) in [5, 5.41) is 9.86. The van der Waals surface area contributed by atoms with Crippen LogP contribution in [0.4, 0.5) is 0 Å². The first-order chi connectivity index (χ1) is 7.58. The number of hydrogen-bond acceptors (Lipinski definition) is 4. The van der Waals surface area contributed by atoms with Crippen molar-refractivity contribution in [2.24, 2.45) is 0 Å². The molecule has 1 atom stereocenters. The highest BCUT2D eigenvalue weighted by atomic mass is 32.1. The van der Waals surface area contributed by atoms with E-state index in [1.807, 2.05) is 13.0 Å². The Morgan fingerprint density at radius 3 is 3.06 bits per heavy atom. The fraction of sp³-hybridized carbons (Fsp3) is 0.455.